The van der Waals surface area contributed by atoms with Crippen LogP contribution in [-0.4, -0.2) is 25.5 Å². The Bertz CT molecular complexity index is 1470. The maximum atomic E-state index is 13.2. The summed E-state index contributed by atoms with van der Waals surface area (Å²) in [6, 6.07) is 21.1. The zero-order chi connectivity index (χ0) is 25.0. The fourth-order valence-electron chi connectivity index (χ4n) is 3.86. The third-order valence-electron chi connectivity index (χ3n) is 5.65. The minimum absolute atomic E-state index is 0.0443. The van der Waals surface area contributed by atoms with Crippen molar-refractivity contribution in [1.29, 1.82) is 0 Å². The third kappa shape index (κ3) is 5.64. The summed E-state index contributed by atoms with van der Waals surface area (Å²) in [6.45, 7) is 2.60. The van der Waals surface area contributed by atoms with Gasteiger partial charge in [0, 0.05) is 22.0 Å². The minimum Gasteiger partial charge on any atom is -0.494 e. The van der Waals surface area contributed by atoms with Crippen molar-refractivity contribution in [1.82, 2.24) is 9.29 Å². The molecule has 4 aromatic rings. The van der Waals surface area contributed by atoms with Crippen LogP contribution in [0.25, 0.3) is 10.9 Å². The normalized spacial score (nSPS) is 11.5. The van der Waals surface area contributed by atoms with E-state index in [9.17, 15) is 13.2 Å². The van der Waals surface area contributed by atoms with Crippen LogP contribution in [0.3, 0.4) is 0 Å². The Morgan fingerprint density at radius 3 is 2.43 bits per heavy atom. The van der Waals surface area contributed by atoms with Crippen molar-refractivity contribution >= 4 is 50.0 Å². The van der Waals surface area contributed by atoms with Gasteiger partial charge in [0.15, 0.2) is 0 Å². The number of nitrogens with one attached hydrogen (secondary N) is 1. The van der Waals surface area contributed by atoms with E-state index in [2.05, 4.69) is 4.72 Å². The number of amides is 1. The number of nitrogens with zero attached hydrogens (tertiary/aromatic N) is 1. The summed E-state index contributed by atoms with van der Waals surface area (Å²) in [5, 5.41) is 1.46. The van der Waals surface area contributed by atoms with Crippen molar-refractivity contribution in [3.8, 4) is 5.75 Å². The number of aromatic nitrogens is 1. The van der Waals surface area contributed by atoms with Gasteiger partial charge < -0.3 is 9.30 Å². The zero-order valence-electron chi connectivity index (χ0n) is 19.0. The fraction of sp³-hybridized carbons (Fsp3) is 0.192. The Hall–Kier alpha value is -3.00. The molecule has 9 heteroatoms. The number of sulfonamides is 1. The highest BCUT2D eigenvalue weighted by molar-refractivity contribution is 7.90. The lowest BCUT2D eigenvalue weighted by molar-refractivity contribution is 0.0972. The molecular formula is C26H24Cl2N2O4S. The average Bonchev–Trinajstić information content (AvgIpc) is 3.21. The molecule has 0 unspecified atom stereocenters. The Balaban J connectivity index is 1.55. The van der Waals surface area contributed by atoms with E-state index in [0.717, 1.165) is 17.7 Å². The molecule has 0 aliphatic rings. The van der Waals surface area contributed by atoms with E-state index in [0.29, 0.717) is 40.6 Å². The highest BCUT2D eigenvalue weighted by atomic mass is 35.5. The second kappa shape index (κ2) is 10.7. The maximum absolute atomic E-state index is 13.2. The molecule has 6 nitrogen and oxygen atoms in total. The largest absolute Gasteiger partial charge is 0.494 e. The minimum atomic E-state index is -4.14. The molecule has 182 valence electrons. The predicted octanol–water partition coefficient (Wildman–Crippen LogP) is 6.23. The lowest BCUT2D eigenvalue weighted by Crippen LogP contribution is -2.32. The molecule has 0 aliphatic carbocycles. The summed E-state index contributed by atoms with van der Waals surface area (Å²) in [7, 11) is -4.14. The van der Waals surface area contributed by atoms with Crippen molar-refractivity contribution in [2.24, 2.45) is 0 Å². The quantitative estimate of drug-likeness (QED) is 0.260. The van der Waals surface area contributed by atoms with Crippen molar-refractivity contribution < 1.29 is 17.9 Å². The molecule has 0 atom stereocenters. The number of halogens is 2. The number of hydrogen-bond acceptors (Lipinski definition) is 4. The molecule has 0 saturated carbocycles. The molecule has 4 rings (SSSR count). The van der Waals surface area contributed by atoms with Crippen molar-refractivity contribution in [3.63, 3.8) is 0 Å². The Labute approximate surface area is 214 Å². The molecule has 0 aliphatic heterocycles. The van der Waals surface area contributed by atoms with Gasteiger partial charge in [0.2, 0.25) is 0 Å². The molecule has 0 saturated heterocycles. The van der Waals surface area contributed by atoms with Crippen LogP contribution in [0.5, 0.6) is 5.75 Å². The summed E-state index contributed by atoms with van der Waals surface area (Å²) in [5.74, 6) is 0.0597. The van der Waals surface area contributed by atoms with E-state index < -0.39 is 15.9 Å². The van der Waals surface area contributed by atoms with Crippen LogP contribution in [0, 0.1) is 6.92 Å². The van der Waals surface area contributed by atoms with Crippen LogP contribution < -0.4 is 9.46 Å². The Kier molecular flexibility index (Phi) is 7.69. The highest BCUT2D eigenvalue weighted by Crippen LogP contribution is 2.28. The molecule has 1 heterocycles. The van der Waals surface area contributed by atoms with Gasteiger partial charge >= 0.3 is 0 Å². The molecule has 0 bridgehead atoms. The monoisotopic (exact) mass is 530 g/mol. The molecule has 1 amide bonds. The van der Waals surface area contributed by atoms with Gasteiger partial charge in [-0.3, -0.25) is 4.79 Å². The molecule has 0 fully saturated rings. The molecule has 1 N–H and O–H groups in total. The van der Waals surface area contributed by atoms with Crippen LogP contribution in [0.2, 0.25) is 10.0 Å². The summed E-state index contributed by atoms with van der Waals surface area (Å²) in [6.07, 6.45) is 1.46. The smallest absolute Gasteiger partial charge is 0.281 e. The first kappa shape index (κ1) is 25.1. The van der Waals surface area contributed by atoms with Crippen LogP contribution in [0.15, 0.2) is 77.7 Å². The number of unbranched alkanes of at least 4 members (excludes halogenated alkanes) is 1. The molecular weight excluding hydrogens is 507 g/mol. The second-order valence-electron chi connectivity index (χ2n) is 8.02. The average molecular weight is 531 g/mol. The topological polar surface area (TPSA) is 77.4 Å². The Morgan fingerprint density at radius 1 is 0.943 bits per heavy atom. The first-order valence-electron chi connectivity index (χ1n) is 11.1. The van der Waals surface area contributed by atoms with E-state index in [-0.39, 0.29) is 10.6 Å². The van der Waals surface area contributed by atoms with E-state index in [1.165, 1.54) is 12.1 Å². The van der Waals surface area contributed by atoms with E-state index in [1.54, 1.807) is 35.8 Å². The van der Waals surface area contributed by atoms with Crippen LogP contribution in [0.1, 0.15) is 28.9 Å². The maximum Gasteiger partial charge on any atom is 0.281 e. The van der Waals surface area contributed by atoms with Crippen molar-refractivity contribution in [3.05, 3.63) is 94.1 Å². The number of para-hydroxylation sites is 1. The van der Waals surface area contributed by atoms with Gasteiger partial charge in [0.1, 0.15) is 11.4 Å². The van der Waals surface area contributed by atoms with Gasteiger partial charge in [-0.1, -0.05) is 53.5 Å². The Morgan fingerprint density at radius 2 is 1.66 bits per heavy atom. The standard InChI is InChI=1S/C26H24Cl2N2O4S/c1-18-21(27)11-8-14-25(18)35(32,33)29-26(31)24-17-20-22(28)12-7-13-23(20)30(24)15-5-6-16-34-19-9-3-2-4-10-19/h2-4,7-14,17H,5-6,15-16H2,1H3,(H,29,31). The molecule has 35 heavy (non-hydrogen) atoms. The fourth-order valence-corrected chi connectivity index (χ4v) is 5.55. The summed E-state index contributed by atoms with van der Waals surface area (Å²) in [5.41, 5.74) is 1.33. The summed E-state index contributed by atoms with van der Waals surface area (Å²) < 4.78 is 35.7. The van der Waals surface area contributed by atoms with Gasteiger partial charge in [-0.15, -0.1) is 0 Å². The molecule has 0 spiro atoms. The van der Waals surface area contributed by atoms with Gasteiger partial charge in [0.05, 0.1) is 17.0 Å². The predicted molar refractivity (Wildman–Crippen MR) is 139 cm³/mol. The lowest BCUT2D eigenvalue weighted by Gasteiger charge is -2.13. The molecule has 0 radical (unpaired) electrons. The number of ether oxygens (including phenoxy) is 1. The van der Waals surface area contributed by atoms with E-state index >= 15 is 0 Å². The van der Waals surface area contributed by atoms with Gasteiger partial charge in [-0.25, -0.2) is 13.1 Å². The van der Waals surface area contributed by atoms with Gasteiger partial charge in [-0.2, -0.15) is 0 Å². The number of hydrogen-bond donors (Lipinski definition) is 1. The van der Waals surface area contributed by atoms with Crippen LogP contribution >= 0.6 is 23.2 Å². The molecule has 1 aromatic heterocycles. The number of carbonyl (C=O) groups excluding carboxylic acids is 1. The van der Waals surface area contributed by atoms with Crippen LogP contribution in [-0.2, 0) is 16.6 Å². The zero-order valence-corrected chi connectivity index (χ0v) is 21.3. The third-order valence-corrected chi connectivity index (χ3v) is 7.86. The summed E-state index contributed by atoms with van der Waals surface area (Å²) >= 11 is 12.5. The number of carbonyl (C=O) groups is 1. The van der Waals surface area contributed by atoms with Gasteiger partial charge in [-0.05, 0) is 67.8 Å². The number of rotatable bonds is 9. The van der Waals surface area contributed by atoms with Crippen molar-refractivity contribution in [2.75, 3.05) is 6.61 Å². The number of aryl methyl sites for hydroxylation is 1. The van der Waals surface area contributed by atoms with Crippen molar-refractivity contribution in [2.45, 2.75) is 31.2 Å². The van der Waals surface area contributed by atoms with Gasteiger partial charge in [0.25, 0.3) is 15.9 Å². The SMILES string of the molecule is Cc1c(Cl)cccc1S(=O)(=O)NC(=O)c1cc2c(Cl)cccc2n1CCCCOc1ccccc1. The second-order valence-corrected chi connectivity index (χ2v) is 10.5. The lowest BCUT2D eigenvalue weighted by atomic mass is 10.2. The molecule has 3 aromatic carbocycles. The summed E-state index contributed by atoms with van der Waals surface area (Å²) in [4.78, 5) is 13.1. The highest BCUT2D eigenvalue weighted by Gasteiger charge is 2.24. The first-order chi connectivity index (χ1) is 16.8. The number of fused-ring (bicyclic) bond motifs is 1. The first-order valence-corrected chi connectivity index (χ1v) is 13.3. The van der Waals surface area contributed by atoms with E-state index in [1.807, 2.05) is 36.4 Å². The van der Waals surface area contributed by atoms with E-state index in [4.69, 9.17) is 27.9 Å². The number of benzene rings is 3. The van der Waals surface area contributed by atoms with Crippen LogP contribution in [0.4, 0.5) is 0 Å².